The molecule has 0 amide bonds. The van der Waals surface area contributed by atoms with Crippen molar-refractivity contribution in [2.24, 2.45) is 23.0 Å². The summed E-state index contributed by atoms with van der Waals surface area (Å²) in [6.07, 6.45) is -0.368. The zero-order valence-corrected chi connectivity index (χ0v) is 28.3. The molecule has 3 aromatic rings. The number of allylic oxidation sites excluding steroid dienone is 3. The molecule has 2 aromatic carbocycles. The Kier molecular flexibility index (Phi) is 9.31. The number of nitrogens with zero attached hydrogens (tertiary/aromatic N) is 3. The maximum Gasteiger partial charge on any atom is 0.315 e. The lowest BCUT2D eigenvalue weighted by Crippen LogP contribution is -2.47. The number of hydrogen-bond acceptors (Lipinski definition) is 15. The third kappa shape index (κ3) is 7.49. The molecule has 2 unspecified atom stereocenters. The molecular weight excluding hydrogens is 726 g/mol. The largest absolute Gasteiger partial charge is 0.400 e. The Labute approximate surface area is 284 Å². The second-order valence-corrected chi connectivity index (χ2v) is 16.2. The van der Waals surface area contributed by atoms with Crippen LogP contribution in [0.25, 0.3) is 0 Å². The first-order valence-corrected chi connectivity index (χ1v) is 18.5. The number of nitrogens with one attached hydrogen (secondary N) is 3. The number of hydrogen-bond donors (Lipinski definition) is 7. The van der Waals surface area contributed by atoms with E-state index in [0.29, 0.717) is 18.2 Å². The summed E-state index contributed by atoms with van der Waals surface area (Å²) in [7, 11) is -14.7. The van der Waals surface area contributed by atoms with Crippen molar-refractivity contribution < 1.29 is 52.9 Å². The average Bonchev–Trinajstić information content (AvgIpc) is 3.00. The highest BCUT2D eigenvalue weighted by Gasteiger charge is 2.48. The number of carbonyl (C=O) groups is 2. The van der Waals surface area contributed by atoms with Crippen LogP contribution in [0.3, 0.4) is 0 Å². The van der Waals surface area contributed by atoms with E-state index in [1.807, 2.05) is 0 Å². The van der Waals surface area contributed by atoms with Crippen LogP contribution in [0.4, 0.5) is 22.0 Å². The first-order valence-electron chi connectivity index (χ1n) is 14.2. The van der Waals surface area contributed by atoms with Crippen LogP contribution in [0.2, 0.25) is 0 Å². The van der Waals surface area contributed by atoms with Crippen LogP contribution in [0.1, 0.15) is 34.6 Å². The molecule has 50 heavy (non-hydrogen) atoms. The summed E-state index contributed by atoms with van der Waals surface area (Å²) in [5, 5.41) is 8.02. The first-order chi connectivity index (χ1) is 23.1. The lowest BCUT2D eigenvalue weighted by atomic mass is 9.69. The molecule has 0 spiro atoms. The minimum absolute atomic E-state index is 0.00258. The second-order valence-electron chi connectivity index (χ2n) is 12.0. The number of halogens is 1. The summed E-state index contributed by atoms with van der Waals surface area (Å²) < 4.78 is 114. The van der Waals surface area contributed by atoms with Crippen LogP contribution in [-0.4, -0.2) is 78.5 Å². The van der Waals surface area contributed by atoms with E-state index in [1.54, 1.807) is 19.9 Å². The van der Waals surface area contributed by atoms with E-state index < -0.39 is 103 Å². The Morgan fingerprint density at radius 1 is 0.800 bits per heavy atom. The smallest absolute Gasteiger partial charge is 0.315 e. The maximum atomic E-state index is 14.4. The van der Waals surface area contributed by atoms with Crippen LogP contribution in [0.15, 0.2) is 74.6 Å². The van der Waals surface area contributed by atoms with E-state index >= 15 is 0 Å². The van der Waals surface area contributed by atoms with E-state index in [0.717, 1.165) is 6.08 Å². The molecule has 2 aliphatic carbocycles. The van der Waals surface area contributed by atoms with Gasteiger partial charge >= 0.3 is 6.08 Å². The molecular formula is C28H28FN7O11S3. The van der Waals surface area contributed by atoms with E-state index in [-0.39, 0.29) is 29.9 Å². The fourth-order valence-corrected chi connectivity index (χ4v) is 7.20. The summed E-state index contributed by atoms with van der Waals surface area (Å²) in [5.41, 5.74) is 4.28. The van der Waals surface area contributed by atoms with Crippen molar-refractivity contribution in [3.8, 4) is 0 Å². The molecule has 5 rings (SSSR count). The lowest BCUT2D eigenvalue weighted by Gasteiger charge is -2.37. The van der Waals surface area contributed by atoms with Gasteiger partial charge in [-0.25, -0.2) is 0 Å². The molecule has 0 radical (unpaired) electrons. The molecule has 0 saturated carbocycles. The molecule has 266 valence electrons. The highest BCUT2D eigenvalue weighted by atomic mass is 32.2. The molecule has 0 aliphatic heterocycles. The maximum absolute atomic E-state index is 14.4. The molecule has 0 fully saturated rings. The minimum atomic E-state index is -4.95. The van der Waals surface area contributed by atoms with Gasteiger partial charge < -0.3 is 21.7 Å². The molecule has 0 saturated heterocycles. The molecule has 1 aromatic heterocycles. The molecule has 22 heteroatoms. The second kappa shape index (κ2) is 12.8. The highest BCUT2D eigenvalue weighted by Crippen LogP contribution is 2.42. The molecule has 18 nitrogen and oxygen atoms in total. The Morgan fingerprint density at radius 2 is 1.38 bits per heavy atom. The quantitative estimate of drug-likeness (QED) is 0.137. The van der Waals surface area contributed by atoms with Gasteiger partial charge in [-0.3, -0.25) is 23.2 Å². The Bertz CT molecular complexity index is 2350. The van der Waals surface area contributed by atoms with E-state index in [2.05, 4.69) is 30.9 Å². The normalized spacial score (nSPS) is 18.2. The summed E-state index contributed by atoms with van der Waals surface area (Å²) in [5.74, 6) is -4.77. The minimum Gasteiger partial charge on any atom is -0.400 e. The van der Waals surface area contributed by atoms with Gasteiger partial charge in [0.15, 0.2) is 11.6 Å². The van der Waals surface area contributed by atoms with Crippen LogP contribution >= 0.6 is 0 Å². The number of ketones is 2. The van der Waals surface area contributed by atoms with Crippen LogP contribution in [0, 0.1) is 23.3 Å². The monoisotopic (exact) mass is 753 g/mol. The fourth-order valence-electron chi connectivity index (χ4n) is 5.36. The predicted octanol–water partition coefficient (Wildman–Crippen LogP) is 1.54. The van der Waals surface area contributed by atoms with Crippen molar-refractivity contribution in [3.05, 3.63) is 82.0 Å². The summed E-state index contributed by atoms with van der Waals surface area (Å²) in [6.45, 7) is 3.33. The molecule has 2 aliphatic rings. The summed E-state index contributed by atoms with van der Waals surface area (Å²) in [4.78, 5) is 35.5. The van der Waals surface area contributed by atoms with Crippen molar-refractivity contribution in [2.45, 2.75) is 23.6 Å². The van der Waals surface area contributed by atoms with Gasteiger partial charge in [0.25, 0.3) is 30.4 Å². The highest BCUT2D eigenvalue weighted by molar-refractivity contribution is 7.90. The first kappa shape index (κ1) is 36.4. The number of benzene rings is 2. The van der Waals surface area contributed by atoms with E-state index in [9.17, 15) is 52.9 Å². The Hall–Kier alpha value is -4.87. The number of Topliss-reactive ketones (excluding diaryl/α,β-unsaturated/α-hetero) is 2. The zero-order valence-electron chi connectivity index (χ0n) is 25.8. The van der Waals surface area contributed by atoms with Gasteiger partial charge in [0.05, 0.1) is 22.4 Å². The number of anilines is 3. The number of nitrogens with two attached hydrogens (primary N) is 1. The van der Waals surface area contributed by atoms with Gasteiger partial charge in [-0.15, -0.1) is 0 Å². The Balaban J connectivity index is 1.37. The zero-order chi connectivity index (χ0) is 37.0. The fraction of sp³-hybridized carbons (Fsp3) is 0.250. The number of carbonyl (C=O) groups excluding carboxylic acids is 2. The van der Waals surface area contributed by atoms with Gasteiger partial charge in [-0.05, 0) is 29.7 Å². The third-order valence-corrected chi connectivity index (χ3v) is 10.4. The van der Waals surface area contributed by atoms with Crippen molar-refractivity contribution in [3.63, 3.8) is 0 Å². The number of aromatic nitrogens is 3. The predicted molar refractivity (Wildman–Crippen MR) is 172 cm³/mol. The van der Waals surface area contributed by atoms with Gasteiger partial charge in [0, 0.05) is 35.6 Å². The van der Waals surface area contributed by atoms with Crippen LogP contribution in [0.5, 0.6) is 0 Å². The molecule has 1 heterocycles. The summed E-state index contributed by atoms with van der Waals surface area (Å²) in [6, 6.07) is 8.01. The van der Waals surface area contributed by atoms with Gasteiger partial charge in [-0.1, -0.05) is 38.1 Å². The number of fused-ring (bicyclic) bond motifs is 2. The van der Waals surface area contributed by atoms with Crippen molar-refractivity contribution >= 4 is 59.5 Å². The van der Waals surface area contributed by atoms with Crippen LogP contribution < -0.4 is 21.7 Å². The van der Waals surface area contributed by atoms with Crippen LogP contribution in [-0.2, 0) is 30.4 Å². The van der Waals surface area contributed by atoms with E-state index in [4.69, 9.17) is 5.73 Å². The van der Waals surface area contributed by atoms with Crippen molar-refractivity contribution in [1.29, 1.82) is 0 Å². The van der Waals surface area contributed by atoms with Crippen molar-refractivity contribution in [2.75, 3.05) is 23.7 Å². The molecule has 8 N–H and O–H groups in total. The van der Waals surface area contributed by atoms with E-state index in [1.165, 1.54) is 18.2 Å². The molecule has 2 atom stereocenters. The SMILES string of the molecule is CC(C)(CNC1=CC(S(=O)(=O)O)=C(N)C2C(=O)c3ccccc3C(=O)C12)CNc1nc(F)nc(Nc2cc(S(=O)(=O)O)ccc2S(=O)(=O)O)n1. The molecule has 0 bridgehead atoms. The Morgan fingerprint density at radius 3 is 1.96 bits per heavy atom. The van der Waals surface area contributed by atoms with Gasteiger partial charge in [-0.2, -0.15) is 44.6 Å². The third-order valence-electron chi connectivity index (χ3n) is 7.75. The number of rotatable bonds is 11. The lowest BCUT2D eigenvalue weighted by molar-refractivity contribution is 0.0778. The average molecular weight is 754 g/mol. The van der Waals surface area contributed by atoms with Crippen molar-refractivity contribution in [1.82, 2.24) is 20.3 Å². The topological polar surface area (TPSA) is 298 Å². The standard InChI is InChI=1S/C28H28FN7O11S3/c1-28(2,11-31-17-10-19(50(45,46)47)22(30)21-20(17)23(37)14-5-3-4-6-15(14)24(21)38)12-32-26-34-25(29)35-27(36-26)33-16-9-13(48(39,40)41)7-8-18(16)49(42,43)44/h3-10,20-21,31H,11-12,30H2,1-2H3,(H,39,40,41)(H,42,43,44)(H,45,46,47)(H2,32,33,34,35,36). The van der Waals surface area contributed by atoms with Gasteiger partial charge in [0.2, 0.25) is 11.9 Å². The summed E-state index contributed by atoms with van der Waals surface area (Å²) >= 11 is 0. The van der Waals surface area contributed by atoms with Gasteiger partial charge in [0.1, 0.15) is 9.80 Å².